The molecule has 0 aliphatic carbocycles. The Hall–Kier alpha value is -2.29. The van der Waals surface area contributed by atoms with E-state index in [1.165, 1.54) is 0 Å². The molecule has 0 saturated heterocycles. The maximum absolute atomic E-state index is 8.67. The Labute approximate surface area is 150 Å². The predicted molar refractivity (Wildman–Crippen MR) is 97.4 cm³/mol. The highest BCUT2D eigenvalue weighted by molar-refractivity contribution is 7.99. The van der Waals surface area contributed by atoms with Crippen LogP contribution in [0.5, 0.6) is 0 Å². The van der Waals surface area contributed by atoms with Crippen LogP contribution in [0.25, 0.3) is 17.1 Å². The highest BCUT2D eigenvalue weighted by Gasteiger charge is 2.15. The number of thioether (sulfide) groups is 1. The highest BCUT2D eigenvalue weighted by Crippen LogP contribution is 2.28. The highest BCUT2D eigenvalue weighted by atomic mass is 35.5. The normalized spacial score (nSPS) is 10.5. The fourth-order valence-corrected chi connectivity index (χ4v) is 3.29. The molecule has 0 aliphatic rings. The molecule has 4 nitrogen and oxygen atoms in total. The second kappa shape index (κ2) is 8.00. The molecule has 0 amide bonds. The van der Waals surface area contributed by atoms with Gasteiger partial charge in [-0.25, -0.2) is 0 Å². The Morgan fingerprint density at radius 3 is 2.50 bits per heavy atom. The van der Waals surface area contributed by atoms with Crippen molar-refractivity contribution in [1.82, 2.24) is 14.8 Å². The molecule has 0 saturated carbocycles. The van der Waals surface area contributed by atoms with Crippen LogP contribution in [-0.2, 0) is 0 Å². The van der Waals surface area contributed by atoms with Crippen LogP contribution in [0.1, 0.15) is 12.8 Å². The Bertz CT molecular complexity index is 838. The van der Waals surface area contributed by atoms with Crippen molar-refractivity contribution in [3.8, 4) is 23.1 Å². The van der Waals surface area contributed by atoms with Gasteiger partial charge >= 0.3 is 0 Å². The molecular formula is C18H15ClN4S. The molecule has 24 heavy (non-hydrogen) atoms. The lowest BCUT2D eigenvalue weighted by Gasteiger charge is -2.10. The van der Waals surface area contributed by atoms with Gasteiger partial charge in [0.25, 0.3) is 0 Å². The summed E-state index contributed by atoms with van der Waals surface area (Å²) in [5.74, 6) is 1.62. The lowest BCUT2D eigenvalue weighted by atomic mass is 10.2. The van der Waals surface area contributed by atoms with Gasteiger partial charge in [0.15, 0.2) is 11.0 Å². The topological polar surface area (TPSA) is 54.5 Å². The van der Waals surface area contributed by atoms with Gasteiger partial charge in [-0.3, -0.25) is 4.57 Å². The van der Waals surface area contributed by atoms with E-state index in [1.54, 1.807) is 11.8 Å². The number of hydrogen-bond donors (Lipinski definition) is 0. The van der Waals surface area contributed by atoms with Crippen molar-refractivity contribution in [2.45, 2.75) is 18.0 Å². The largest absolute Gasteiger partial charge is 0.270 e. The van der Waals surface area contributed by atoms with E-state index < -0.39 is 0 Å². The molecule has 6 heteroatoms. The second-order valence-corrected chi connectivity index (χ2v) is 6.59. The van der Waals surface area contributed by atoms with Gasteiger partial charge in [0.1, 0.15) is 0 Å². The summed E-state index contributed by atoms with van der Waals surface area (Å²) in [6.45, 7) is 0. The fourth-order valence-electron chi connectivity index (χ4n) is 2.28. The summed E-state index contributed by atoms with van der Waals surface area (Å²) in [4.78, 5) is 0. The predicted octanol–water partition coefficient (Wildman–Crippen LogP) is 4.98. The van der Waals surface area contributed by atoms with E-state index >= 15 is 0 Å². The van der Waals surface area contributed by atoms with Gasteiger partial charge in [-0.1, -0.05) is 53.7 Å². The minimum atomic E-state index is 0.549. The summed E-state index contributed by atoms with van der Waals surface area (Å²) < 4.78 is 2.03. The van der Waals surface area contributed by atoms with Gasteiger partial charge in [0.2, 0.25) is 0 Å². The molecule has 0 unspecified atom stereocenters. The van der Waals surface area contributed by atoms with Crippen molar-refractivity contribution >= 4 is 23.4 Å². The molecule has 2 aromatic carbocycles. The molecule has 3 aromatic rings. The van der Waals surface area contributed by atoms with Crippen molar-refractivity contribution < 1.29 is 0 Å². The molecule has 0 radical (unpaired) electrons. The quantitative estimate of drug-likeness (QED) is 0.462. The smallest absolute Gasteiger partial charge is 0.196 e. The van der Waals surface area contributed by atoms with Crippen LogP contribution >= 0.6 is 23.4 Å². The van der Waals surface area contributed by atoms with Gasteiger partial charge < -0.3 is 0 Å². The molecule has 0 bridgehead atoms. The monoisotopic (exact) mass is 354 g/mol. The van der Waals surface area contributed by atoms with Crippen molar-refractivity contribution in [3.63, 3.8) is 0 Å². The third-order valence-electron chi connectivity index (χ3n) is 3.41. The summed E-state index contributed by atoms with van der Waals surface area (Å²) in [7, 11) is 0. The number of halogens is 1. The molecular weight excluding hydrogens is 340 g/mol. The summed E-state index contributed by atoms with van der Waals surface area (Å²) in [6.07, 6.45) is 1.38. The van der Waals surface area contributed by atoms with Gasteiger partial charge in [0, 0.05) is 28.4 Å². The number of nitrogens with zero attached hydrogens (tertiary/aromatic N) is 4. The zero-order chi connectivity index (χ0) is 16.8. The van der Waals surface area contributed by atoms with E-state index in [0.717, 1.165) is 34.4 Å². The van der Waals surface area contributed by atoms with Crippen LogP contribution in [0, 0.1) is 11.3 Å². The number of nitriles is 1. The van der Waals surface area contributed by atoms with Crippen LogP contribution in [0.15, 0.2) is 59.8 Å². The first kappa shape index (κ1) is 16.6. The number of rotatable bonds is 6. The minimum absolute atomic E-state index is 0.549. The van der Waals surface area contributed by atoms with Crippen LogP contribution in [0.3, 0.4) is 0 Å². The van der Waals surface area contributed by atoms with Gasteiger partial charge in [-0.15, -0.1) is 10.2 Å². The number of aromatic nitrogens is 3. The number of hydrogen-bond acceptors (Lipinski definition) is 4. The van der Waals surface area contributed by atoms with E-state index in [-0.39, 0.29) is 0 Å². The molecule has 0 fully saturated rings. The summed E-state index contributed by atoms with van der Waals surface area (Å²) >= 11 is 7.62. The third-order valence-corrected chi connectivity index (χ3v) is 4.68. The van der Waals surface area contributed by atoms with E-state index in [0.29, 0.717) is 11.4 Å². The van der Waals surface area contributed by atoms with Gasteiger partial charge in [-0.2, -0.15) is 5.26 Å². The average molecular weight is 355 g/mol. The van der Waals surface area contributed by atoms with E-state index in [4.69, 9.17) is 16.9 Å². The standard InChI is InChI=1S/C18H15ClN4S/c19-15-8-10-16(11-9-15)23-17(14-6-2-1-3-7-14)21-22-18(23)24-13-5-4-12-20/h1-3,6-11H,4-5,13H2. The Morgan fingerprint density at radius 2 is 1.79 bits per heavy atom. The zero-order valence-corrected chi connectivity index (χ0v) is 14.5. The molecule has 1 aromatic heterocycles. The maximum atomic E-state index is 8.67. The lowest BCUT2D eigenvalue weighted by Crippen LogP contribution is -1.99. The first-order valence-corrected chi connectivity index (χ1v) is 8.92. The molecule has 0 N–H and O–H groups in total. The lowest BCUT2D eigenvalue weighted by molar-refractivity contribution is 0.880. The first-order valence-electron chi connectivity index (χ1n) is 7.56. The van der Waals surface area contributed by atoms with Gasteiger partial charge in [0.05, 0.1) is 6.07 Å². The van der Waals surface area contributed by atoms with Crippen LogP contribution in [-0.4, -0.2) is 20.5 Å². The minimum Gasteiger partial charge on any atom is -0.270 e. The molecule has 0 spiro atoms. The van der Waals surface area contributed by atoms with Gasteiger partial charge in [-0.05, 0) is 30.7 Å². The average Bonchev–Trinajstić information content (AvgIpc) is 3.04. The van der Waals surface area contributed by atoms with Crippen LogP contribution in [0.4, 0.5) is 0 Å². The number of unbranched alkanes of at least 4 members (excludes halogenated alkanes) is 1. The maximum Gasteiger partial charge on any atom is 0.196 e. The Kier molecular flexibility index (Phi) is 5.52. The van der Waals surface area contributed by atoms with E-state index in [9.17, 15) is 0 Å². The summed E-state index contributed by atoms with van der Waals surface area (Å²) in [6, 6.07) is 19.8. The SMILES string of the molecule is N#CCCCSc1nnc(-c2ccccc2)n1-c1ccc(Cl)cc1. The fraction of sp³-hybridized carbons (Fsp3) is 0.167. The Balaban J connectivity index is 1.99. The zero-order valence-electron chi connectivity index (χ0n) is 12.9. The molecule has 120 valence electrons. The van der Waals surface area contributed by atoms with Crippen molar-refractivity contribution in [1.29, 1.82) is 5.26 Å². The first-order chi connectivity index (χ1) is 11.8. The van der Waals surface area contributed by atoms with Crippen molar-refractivity contribution in [2.24, 2.45) is 0 Å². The van der Waals surface area contributed by atoms with Crippen molar-refractivity contribution in [3.05, 3.63) is 59.6 Å². The van der Waals surface area contributed by atoms with E-state index in [1.807, 2.05) is 59.2 Å². The van der Waals surface area contributed by atoms with Crippen LogP contribution < -0.4 is 0 Å². The summed E-state index contributed by atoms with van der Waals surface area (Å²) in [5, 5.41) is 18.9. The second-order valence-electron chi connectivity index (χ2n) is 5.09. The molecule has 3 rings (SSSR count). The van der Waals surface area contributed by atoms with Crippen molar-refractivity contribution in [2.75, 3.05) is 5.75 Å². The van der Waals surface area contributed by atoms with E-state index in [2.05, 4.69) is 16.3 Å². The summed E-state index contributed by atoms with van der Waals surface area (Å²) in [5.41, 5.74) is 1.97. The molecule has 1 heterocycles. The molecule has 0 atom stereocenters. The number of benzene rings is 2. The van der Waals surface area contributed by atoms with Crippen LogP contribution in [0.2, 0.25) is 5.02 Å². The third kappa shape index (κ3) is 3.78. The Morgan fingerprint density at radius 1 is 1.04 bits per heavy atom. The molecule has 0 aliphatic heterocycles.